The number of hydrogen-bond donors (Lipinski definition) is 1. The van der Waals surface area contributed by atoms with Gasteiger partial charge >= 0.3 is 0 Å². The van der Waals surface area contributed by atoms with Crippen LogP contribution >= 0.6 is 0 Å². The van der Waals surface area contributed by atoms with Crippen molar-refractivity contribution >= 4 is 21.6 Å². The third kappa shape index (κ3) is 5.03. The molecule has 0 radical (unpaired) electrons. The van der Waals surface area contributed by atoms with Gasteiger partial charge in [0.1, 0.15) is 23.7 Å². The van der Waals surface area contributed by atoms with E-state index < -0.39 is 33.9 Å². The van der Waals surface area contributed by atoms with E-state index in [0.717, 1.165) is 22.7 Å². The predicted molar refractivity (Wildman–Crippen MR) is 133 cm³/mol. The molecule has 1 aliphatic rings. The number of sulfonamides is 1. The third-order valence-electron chi connectivity index (χ3n) is 6.56. The Labute approximate surface area is 205 Å². The molecule has 1 atom stereocenters. The largest absolute Gasteiger partial charge is 0.487 e. The van der Waals surface area contributed by atoms with Crippen LogP contribution in [0.5, 0.6) is 5.75 Å². The average molecular weight is 497 g/mol. The summed E-state index contributed by atoms with van der Waals surface area (Å²) in [7, 11) is -4.20. The van der Waals surface area contributed by atoms with Gasteiger partial charge in [0.2, 0.25) is 5.91 Å². The number of anilines is 1. The lowest BCUT2D eigenvalue weighted by atomic mass is 9.83. The number of carbonyl (C=O) groups is 1. The van der Waals surface area contributed by atoms with Crippen molar-refractivity contribution in [2.24, 2.45) is 0 Å². The molecular weight excluding hydrogens is 467 g/mol. The summed E-state index contributed by atoms with van der Waals surface area (Å²) in [6.45, 7) is 3.52. The number of carbonyl (C=O) groups excluding carboxylic acids is 1. The molecule has 1 N–H and O–H groups in total. The number of amides is 1. The molecule has 0 saturated heterocycles. The highest BCUT2D eigenvalue weighted by atomic mass is 32.2. The topological polar surface area (TPSA) is 75.7 Å². The van der Waals surface area contributed by atoms with E-state index in [1.807, 2.05) is 38.1 Å². The van der Waals surface area contributed by atoms with Gasteiger partial charge in [-0.05, 0) is 43.2 Å². The molecule has 0 aromatic heterocycles. The second-order valence-electron chi connectivity index (χ2n) is 8.63. The molecule has 184 valence electrons. The highest BCUT2D eigenvalue weighted by molar-refractivity contribution is 7.92. The summed E-state index contributed by atoms with van der Waals surface area (Å²) in [6, 6.07) is 20.4. The highest BCUT2D eigenvalue weighted by Gasteiger charge is 2.39. The second kappa shape index (κ2) is 10.1. The van der Waals surface area contributed by atoms with Gasteiger partial charge in [0.25, 0.3) is 10.0 Å². The van der Waals surface area contributed by atoms with Crippen LogP contribution in [0.3, 0.4) is 0 Å². The van der Waals surface area contributed by atoms with E-state index in [0.29, 0.717) is 12.2 Å². The quantitative estimate of drug-likeness (QED) is 0.464. The maximum atomic E-state index is 14.7. The van der Waals surface area contributed by atoms with Crippen LogP contribution in [0.1, 0.15) is 44.7 Å². The fourth-order valence-corrected chi connectivity index (χ4v) is 5.92. The van der Waals surface area contributed by atoms with Crippen LogP contribution in [0.4, 0.5) is 10.1 Å². The van der Waals surface area contributed by atoms with E-state index >= 15 is 0 Å². The second-order valence-corrected chi connectivity index (χ2v) is 10.5. The first-order valence-electron chi connectivity index (χ1n) is 11.7. The molecule has 1 amide bonds. The van der Waals surface area contributed by atoms with Gasteiger partial charge in [-0.25, -0.2) is 12.8 Å². The van der Waals surface area contributed by atoms with Crippen LogP contribution in [-0.2, 0) is 14.8 Å². The summed E-state index contributed by atoms with van der Waals surface area (Å²) < 4.78 is 48.8. The lowest BCUT2D eigenvalue weighted by molar-refractivity contribution is -0.121. The number of ether oxygens (including phenoxy) is 1. The summed E-state index contributed by atoms with van der Waals surface area (Å²) in [5.41, 5.74) is 0.213. The molecule has 0 fully saturated rings. The van der Waals surface area contributed by atoms with Crippen LogP contribution in [0.25, 0.3) is 0 Å². The van der Waals surface area contributed by atoms with Gasteiger partial charge in [0, 0.05) is 12.0 Å². The first-order valence-corrected chi connectivity index (χ1v) is 13.1. The number of benzene rings is 3. The Hall–Kier alpha value is -3.39. The van der Waals surface area contributed by atoms with E-state index in [2.05, 4.69) is 5.32 Å². The first kappa shape index (κ1) is 24.7. The smallest absolute Gasteiger partial charge is 0.264 e. The predicted octanol–water partition coefficient (Wildman–Crippen LogP) is 5.22. The molecule has 3 aromatic carbocycles. The lowest BCUT2D eigenvalue weighted by Crippen LogP contribution is -2.47. The van der Waals surface area contributed by atoms with E-state index in [4.69, 9.17) is 4.74 Å². The standard InChI is InChI=1S/C27H29FN2O4S/c1-3-27(4-2)18-23(21-14-8-11-17-25(21)34-27)29-26(31)19-30(24-16-10-9-15-22(24)28)35(32,33)20-12-6-5-7-13-20/h5-17,23H,3-4,18-19H2,1-2H3,(H,29,31)/t23-/m1/s1. The summed E-state index contributed by atoms with van der Waals surface area (Å²) >= 11 is 0. The number of fused-ring (bicyclic) bond motifs is 1. The molecule has 4 rings (SSSR count). The SMILES string of the molecule is CCC1(CC)C[C@@H](NC(=O)CN(c2ccccc2F)S(=O)(=O)c2ccccc2)c2ccccc2O1. The van der Waals surface area contributed by atoms with Crippen molar-refractivity contribution in [3.05, 3.63) is 90.2 Å². The maximum Gasteiger partial charge on any atom is 0.264 e. The minimum absolute atomic E-state index is 0.0246. The summed E-state index contributed by atoms with van der Waals surface area (Å²) in [6.07, 6.45) is 2.07. The molecule has 8 heteroatoms. The summed E-state index contributed by atoms with van der Waals surface area (Å²) in [4.78, 5) is 13.3. The molecule has 6 nitrogen and oxygen atoms in total. The number of nitrogens with zero attached hydrogens (tertiary/aromatic N) is 1. The van der Waals surface area contributed by atoms with Crippen LogP contribution in [-0.4, -0.2) is 26.5 Å². The fraction of sp³-hybridized carbons (Fsp3) is 0.296. The Morgan fingerprint density at radius 1 is 1.00 bits per heavy atom. The molecule has 0 saturated carbocycles. The molecule has 1 aliphatic heterocycles. The summed E-state index contributed by atoms with van der Waals surface area (Å²) in [5.74, 6) is -0.557. The zero-order chi connectivity index (χ0) is 25.1. The lowest BCUT2D eigenvalue weighted by Gasteiger charge is -2.41. The minimum atomic E-state index is -4.20. The Morgan fingerprint density at radius 3 is 2.31 bits per heavy atom. The Bertz CT molecular complexity index is 1290. The molecule has 0 unspecified atom stereocenters. The Balaban J connectivity index is 1.66. The van der Waals surface area contributed by atoms with Crippen molar-refractivity contribution in [1.29, 1.82) is 0 Å². The van der Waals surface area contributed by atoms with Crippen molar-refractivity contribution < 1.29 is 22.3 Å². The molecule has 0 bridgehead atoms. The number of para-hydroxylation sites is 2. The van der Waals surface area contributed by atoms with E-state index in [1.54, 1.807) is 18.2 Å². The van der Waals surface area contributed by atoms with E-state index in [9.17, 15) is 17.6 Å². The molecule has 3 aromatic rings. The monoisotopic (exact) mass is 496 g/mol. The minimum Gasteiger partial charge on any atom is -0.487 e. The number of nitrogens with one attached hydrogen (secondary N) is 1. The van der Waals surface area contributed by atoms with Crippen LogP contribution in [0.2, 0.25) is 0 Å². The van der Waals surface area contributed by atoms with Crippen LogP contribution in [0.15, 0.2) is 83.8 Å². The van der Waals surface area contributed by atoms with Gasteiger partial charge in [0.15, 0.2) is 0 Å². The summed E-state index contributed by atoms with van der Waals surface area (Å²) in [5, 5.41) is 2.99. The van der Waals surface area contributed by atoms with Gasteiger partial charge in [-0.1, -0.05) is 62.4 Å². The van der Waals surface area contributed by atoms with Crippen molar-refractivity contribution in [3.63, 3.8) is 0 Å². The Kier molecular flexibility index (Phi) is 7.12. The fourth-order valence-electron chi connectivity index (χ4n) is 4.47. The van der Waals surface area contributed by atoms with Crippen molar-refractivity contribution in [2.45, 2.75) is 49.6 Å². The van der Waals surface area contributed by atoms with Gasteiger partial charge < -0.3 is 10.1 Å². The van der Waals surface area contributed by atoms with Crippen LogP contribution in [0, 0.1) is 5.82 Å². The average Bonchev–Trinajstić information content (AvgIpc) is 2.88. The van der Waals surface area contributed by atoms with E-state index in [1.165, 1.54) is 36.4 Å². The molecular formula is C27H29FN2O4S. The van der Waals surface area contributed by atoms with Gasteiger partial charge in [-0.15, -0.1) is 0 Å². The number of rotatable bonds is 8. The first-order chi connectivity index (χ1) is 16.8. The number of hydrogen-bond acceptors (Lipinski definition) is 4. The van der Waals surface area contributed by atoms with Gasteiger partial charge in [0.05, 0.1) is 16.6 Å². The maximum absolute atomic E-state index is 14.7. The Morgan fingerprint density at radius 2 is 1.63 bits per heavy atom. The molecule has 35 heavy (non-hydrogen) atoms. The zero-order valence-electron chi connectivity index (χ0n) is 19.8. The van der Waals surface area contributed by atoms with Gasteiger partial charge in [-0.3, -0.25) is 9.10 Å². The van der Waals surface area contributed by atoms with Crippen molar-refractivity contribution in [2.75, 3.05) is 10.8 Å². The van der Waals surface area contributed by atoms with Crippen molar-refractivity contribution in [3.8, 4) is 5.75 Å². The van der Waals surface area contributed by atoms with Gasteiger partial charge in [-0.2, -0.15) is 0 Å². The zero-order valence-corrected chi connectivity index (χ0v) is 20.6. The van der Waals surface area contributed by atoms with Crippen molar-refractivity contribution in [1.82, 2.24) is 5.32 Å². The third-order valence-corrected chi connectivity index (χ3v) is 8.33. The molecule has 0 aliphatic carbocycles. The molecule has 0 spiro atoms. The highest BCUT2D eigenvalue weighted by Crippen LogP contribution is 2.42. The number of halogens is 1. The normalized spacial score (nSPS) is 16.6. The van der Waals surface area contributed by atoms with E-state index in [-0.39, 0.29) is 16.6 Å². The molecule has 1 heterocycles. The van der Waals surface area contributed by atoms with Crippen LogP contribution < -0.4 is 14.4 Å².